The molecule has 0 bridgehead atoms. The molecular formula is C25H21ClN2O5S. The first-order chi connectivity index (χ1) is 16.3. The van der Waals surface area contributed by atoms with Gasteiger partial charge in [0.15, 0.2) is 4.80 Å². The van der Waals surface area contributed by atoms with E-state index in [1.54, 1.807) is 56.3 Å². The lowest BCUT2D eigenvalue weighted by atomic mass is 9.96. The number of rotatable bonds is 5. The average molecular weight is 497 g/mol. The number of aromatic nitrogens is 1. The fourth-order valence-electron chi connectivity index (χ4n) is 3.74. The highest BCUT2D eigenvalue weighted by atomic mass is 35.5. The van der Waals surface area contributed by atoms with Gasteiger partial charge in [-0.1, -0.05) is 47.2 Å². The summed E-state index contributed by atoms with van der Waals surface area (Å²) in [6.45, 7) is 4.95. The van der Waals surface area contributed by atoms with Crippen molar-refractivity contribution >= 4 is 41.0 Å². The molecule has 2 aromatic carbocycles. The fraction of sp³-hybridized carbons (Fsp3) is 0.200. The van der Waals surface area contributed by atoms with Gasteiger partial charge in [-0.15, -0.1) is 0 Å². The Labute approximate surface area is 204 Å². The molecule has 0 fully saturated rings. The van der Waals surface area contributed by atoms with Gasteiger partial charge in [-0.05, 0) is 55.3 Å². The van der Waals surface area contributed by atoms with Gasteiger partial charge >= 0.3 is 11.9 Å². The quantitative estimate of drug-likeness (QED) is 0.399. The number of ether oxygens (including phenoxy) is 2. The number of carbonyl (C=O) groups is 2. The lowest BCUT2D eigenvalue weighted by Gasteiger charge is -2.24. The number of carbonyl (C=O) groups excluding carboxylic acids is 2. The molecule has 1 aromatic heterocycles. The fourth-order valence-corrected chi connectivity index (χ4v) is 4.98. The van der Waals surface area contributed by atoms with Gasteiger partial charge in [0.05, 0.1) is 28.5 Å². The van der Waals surface area contributed by atoms with Crippen LogP contribution in [0.4, 0.5) is 0 Å². The molecule has 0 saturated carbocycles. The minimum absolute atomic E-state index is 0.187. The smallest absolute Gasteiger partial charge is 0.338 e. The summed E-state index contributed by atoms with van der Waals surface area (Å²) in [6, 6.07) is 13.1. The van der Waals surface area contributed by atoms with Crippen LogP contribution in [0.2, 0.25) is 5.02 Å². The number of esters is 2. The van der Waals surface area contributed by atoms with E-state index in [0.717, 1.165) is 5.56 Å². The topological polar surface area (TPSA) is 87.0 Å². The van der Waals surface area contributed by atoms with Crippen LogP contribution < -0.4 is 19.6 Å². The summed E-state index contributed by atoms with van der Waals surface area (Å²) < 4.78 is 12.4. The van der Waals surface area contributed by atoms with E-state index in [9.17, 15) is 14.4 Å². The van der Waals surface area contributed by atoms with Gasteiger partial charge in [-0.2, -0.15) is 0 Å². The molecule has 0 spiro atoms. The second-order valence-electron chi connectivity index (χ2n) is 7.52. The monoisotopic (exact) mass is 496 g/mol. The SMILES string of the molecule is CCOC(=O)C1=C(C)N=c2sc(=Cc3cccc(Cl)c3)c(=O)n2C1c1ccc(OC(C)=O)cc1. The standard InChI is InChI=1S/C25H21ClN2O5S/c1-4-32-24(31)21-14(2)27-25-28(22(21)17-8-10-19(11-9-17)33-15(3)29)23(30)20(34-25)13-16-6-5-7-18(26)12-16/h5-13,22H,4H2,1-3H3. The van der Waals surface area contributed by atoms with Crippen molar-refractivity contribution in [3.63, 3.8) is 0 Å². The summed E-state index contributed by atoms with van der Waals surface area (Å²) in [5.74, 6) is -0.616. The van der Waals surface area contributed by atoms with E-state index in [4.69, 9.17) is 21.1 Å². The zero-order chi connectivity index (χ0) is 24.4. The van der Waals surface area contributed by atoms with Crippen molar-refractivity contribution in [1.29, 1.82) is 0 Å². The van der Waals surface area contributed by atoms with Gasteiger partial charge in [-0.3, -0.25) is 14.2 Å². The molecule has 1 unspecified atom stereocenters. The number of hydrogen-bond donors (Lipinski definition) is 0. The highest BCUT2D eigenvalue weighted by Gasteiger charge is 2.33. The van der Waals surface area contributed by atoms with Gasteiger partial charge in [0.2, 0.25) is 0 Å². The van der Waals surface area contributed by atoms with Crippen molar-refractivity contribution in [2.75, 3.05) is 6.61 Å². The van der Waals surface area contributed by atoms with Crippen molar-refractivity contribution in [1.82, 2.24) is 4.57 Å². The first-order valence-corrected chi connectivity index (χ1v) is 11.7. The van der Waals surface area contributed by atoms with Crippen LogP contribution in [0.5, 0.6) is 5.75 Å². The maximum absolute atomic E-state index is 13.5. The summed E-state index contributed by atoms with van der Waals surface area (Å²) >= 11 is 7.33. The highest BCUT2D eigenvalue weighted by Crippen LogP contribution is 2.31. The van der Waals surface area contributed by atoms with E-state index in [0.29, 0.717) is 31.4 Å². The predicted octanol–water partition coefficient (Wildman–Crippen LogP) is 3.38. The van der Waals surface area contributed by atoms with E-state index in [1.165, 1.54) is 22.8 Å². The van der Waals surface area contributed by atoms with Gasteiger partial charge in [-0.25, -0.2) is 9.79 Å². The zero-order valence-electron chi connectivity index (χ0n) is 18.7. The number of allylic oxidation sites excluding steroid dienone is 1. The van der Waals surface area contributed by atoms with Gasteiger partial charge in [0.1, 0.15) is 5.75 Å². The van der Waals surface area contributed by atoms with Crippen LogP contribution in [-0.2, 0) is 14.3 Å². The molecule has 0 saturated heterocycles. The molecule has 1 atom stereocenters. The third-order valence-electron chi connectivity index (χ3n) is 5.12. The first-order valence-electron chi connectivity index (χ1n) is 10.5. The summed E-state index contributed by atoms with van der Waals surface area (Å²) in [6.07, 6.45) is 1.75. The first kappa shape index (κ1) is 23.7. The van der Waals surface area contributed by atoms with Crippen LogP contribution in [0.3, 0.4) is 0 Å². The van der Waals surface area contributed by atoms with Crippen molar-refractivity contribution in [2.45, 2.75) is 26.8 Å². The third kappa shape index (κ3) is 4.73. The molecule has 0 amide bonds. The molecule has 174 valence electrons. The Bertz CT molecular complexity index is 1480. The zero-order valence-corrected chi connectivity index (χ0v) is 20.3. The Kier molecular flexibility index (Phi) is 6.81. The summed E-state index contributed by atoms with van der Waals surface area (Å²) in [4.78, 5) is 42.8. The Morgan fingerprint density at radius 1 is 1.21 bits per heavy atom. The predicted molar refractivity (Wildman–Crippen MR) is 130 cm³/mol. The summed E-state index contributed by atoms with van der Waals surface area (Å²) in [5, 5.41) is 0.563. The third-order valence-corrected chi connectivity index (χ3v) is 6.34. The average Bonchev–Trinajstić information content (AvgIpc) is 3.07. The Morgan fingerprint density at radius 2 is 1.94 bits per heavy atom. The van der Waals surface area contributed by atoms with E-state index in [1.807, 2.05) is 12.1 Å². The molecule has 9 heteroatoms. The second kappa shape index (κ2) is 9.79. The highest BCUT2D eigenvalue weighted by molar-refractivity contribution is 7.07. The van der Waals surface area contributed by atoms with Gasteiger partial charge in [0.25, 0.3) is 5.56 Å². The Hall–Kier alpha value is -3.49. The Morgan fingerprint density at radius 3 is 2.59 bits per heavy atom. The maximum Gasteiger partial charge on any atom is 0.338 e. The van der Waals surface area contributed by atoms with Crippen LogP contribution in [0, 0.1) is 0 Å². The second-order valence-corrected chi connectivity index (χ2v) is 8.97. The van der Waals surface area contributed by atoms with E-state index in [-0.39, 0.29) is 17.7 Å². The van der Waals surface area contributed by atoms with Crippen LogP contribution in [0.25, 0.3) is 6.08 Å². The molecule has 1 aliphatic rings. The van der Waals surface area contributed by atoms with Crippen molar-refractivity contribution in [3.8, 4) is 5.75 Å². The lowest BCUT2D eigenvalue weighted by Crippen LogP contribution is -2.39. The van der Waals surface area contributed by atoms with E-state index in [2.05, 4.69) is 4.99 Å². The Balaban J connectivity index is 1.91. The lowest BCUT2D eigenvalue weighted by molar-refractivity contribution is -0.139. The number of benzene rings is 2. The normalized spacial score (nSPS) is 15.5. The molecule has 7 nitrogen and oxygen atoms in total. The number of nitrogens with zero attached hydrogens (tertiary/aromatic N) is 2. The van der Waals surface area contributed by atoms with Gasteiger partial charge < -0.3 is 9.47 Å². The van der Waals surface area contributed by atoms with Crippen LogP contribution in [0.1, 0.15) is 37.9 Å². The minimum Gasteiger partial charge on any atom is -0.463 e. The van der Waals surface area contributed by atoms with Crippen LogP contribution in [0.15, 0.2) is 69.6 Å². The molecule has 34 heavy (non-hydrogen) atoms. The molecule has 4 rings (SSSR count). The molecule has 2 heterocycles. The summed E-state index contributed by atoms with van der Waals surface area (Å²) in [7, 11) is 0. The van der Waals surface area contributed by atoms with Crippen molar-refractivity contribution in [2.24, 2.45) is 4.99 Å². The number of fused-ring (bicyclic) bond motifs is 1. The van der Waals surface area contributed by atoms with E-state index >= 15 is 0 Å². The molecule has 1 aliphatic heterocycles. The minimum atomic E-state index is -0.747. The van der Waals surface area contributed by atoms with Gasteiger partial charge in [0, 0.05) is 11.9 Å². The number of thiazole rings is 1. The van der Waals surface area contributed by atoms with Crippen molar-refractivity contribution in [3.05, 3.63) is 95.6 Å². The number of hydrogen-bond acceptors (Lipinski definition) is 7. The molecule has 0 N–H and O–H groups in total. The molecular weight excluding hydrogens is 476 g/mol. The van der Waals surface area contributed by atoms with Crippen molar-refractivity contribution < 1.29 is 19.1 Å². The molecule has 0 radical (unpaired) electrons. The molecule has 0 aliphatic carbocycles. The largest absolute Gasteiger partial charge is 0.463 e. The van der Waals surface area contributed by atoms with E-state index < -0.39 is 18.0 Å². The molecule has 3 aromatic rings. The summed E-state index contributed by atoms with van der Waals surface area (Å²) in [5.41, 5.74) is 1.91. The van der Waals surface area contributed by atoms with Crippen LogP contribution in [-0.4, -0.2) is 23.1 Å². The maximum atomic E-state index is 13.5. The van der Waals surface area contributed by atoms with Crippen LogP contribution >= 0.6 is 22.9 Å². The number of halogens is 1.